The molecule has 1 aromatic rings. The zero-order chi connectivity index (χ0) is 26.0. The van der Waals surface area contributed by atoms with Crippen LogP contribution in [0.5, 0.6) is 5.75 Å². The lowest BCUT2D eigenvalue weighted by Gasteiger charge is -2.52. The monoisotopic (exact) mass is 487 g/mol. The summed E-state index contributed by atoms with van der Waals surface area (Å²) in [6, 6.07) is 1.90. The highest BCUT2D eigenvalue weighted by Gasteiger charge is 2.69. The number of rotatable bonds is 5. The second kappa shape index (κ2) is 8.59. The highest BCUT2D eigenvalue weighted by molar-refractivity contribution is 6.32. The summed E-state index contributed by atoms with van der Waals surface area (Å²) in [5.74, 6) is -10.5. The summed E-state index contributed by atoms with van der Waals surface area (Å²) in [5, 5.41) is 23.6. The summed E-state index contributed by atoms with van der Waals surface area (Å²) >= 11 is 0. The number of ketones is 4. The molecule has 2 fully saturated rings. The summed E-state index contributed by atoms with van der Waals surface area (Å²) in [5.41, 5.74) is 3.84. The predicted octanol–water partition coefficient (Wildman–Crippen LogP) is -1.14. The summed E-state index contributed by atoms with van der Waals surface area (Å²) in [7, 11) is 6.29. The molecule has 4 N–H and O–H groups in total. The van der Waals surface area contributed by atoms with E-state index in [-0.39, 0.29) is 24.2 Å². The highest BCUT2D eigenvalue weighted by atomic mass is 16.7. The minimum Gasteiger partial charge on any atom is -0.507 e. The molecule has 0 aliphatic heterocycles. The minimum absolute atomic E-state index is 0.0130. The molecular formula is C24H29N3O8. The van der Waals surface area contributed by atoms with E-state index in [1.165, 1.54) is 18.1 Å². The van der Waals surface area contributed by atoms with Crippen molar-refractivity contribution in [2.45, 2.75) is 31.0 Å². The molecule has 188 valence electrons. The van der Waals surface area contributed by atoms with E-state index in [0.717, 1.165) is 5.56 Å². The van der Waals surface area contributed by atoms with E-state index in [2.05, 4.69) is 0 Å². The summed E-state index contributed by atoms with van der Waals surface area (Å²) in [4.78, 5) is 72.3. The zero-order valence-corrected chi connectivity index (χ0v) is 20.0. The van der Waals surface area contributed by atoms with Crippen LogP contribution in [-0.4, -0.2) is 89.1 Å². The third kappa shape index (κ3) is 3.53. The molecule has 0 saturated heterocycles. The van der Waals surface area contributed by atoms with Gasteiger partial charge in [0.2, 0.25) is 5.91 Å². The Kier molecular flexibility index (Phi) is 6.17. The van der Waals surface area contributed by atoms with E-state index in [0.29, 0.717) is 12.1 Å². The van der Waals surface area contributed by atoms with E-state index >= 15 is 0 Å². The van der Waals surface area contributed by atoms with Crippen molar-refractivity contribution < 1.29 is 39.0 Å². The molecule has 0 aromatic heterocycles. The molecule has 35 heavy (non-hydrogen) atoms. The number of hydroxylamine groups is 2. The maximum Gasteiger partial charge on any atom is 0.235 e. The van der Waals surface area contributed by atoms with E-state index in [9.17, 15) is 34.2 Å². The van der Waals surface area contributed by atoms with E-state index in [1.807, 2.05) is 0 Å². The third-order valence-electron chi connectivity index (χ3n) is 7.75. The first-order chi connectivity index (χ1) is 16.4. The van der Waals surface area contributed by atoms with Gasteiger partial charge in [0.15, 0.2) is 34.7 Å². The van der Waals surface area contributed by atoms with Crippen LogP contribution in [0.4, 0.5) is 0 Å². The molecule has 11 nitrogen and oxygen atoms in total. The molecule has 3 aliphatic rings. The molecule has 4 rings (SSSR count). The van der Waals surface area contributed by atoms with Gasteiger partial charge in [-0.3, -0.25) is 28.9 Å². The van der Waals surface area contributed by atoms with Crippen molar-refractivity contribution in [1.29, 1.82) is 0 Å². The smallest absolute Gasteiger partial charge is 0.235 e. The molecule has 1 amide bonds. The minimum atomic E-state index is -2.72. The van der Waals surface area contributed by atoms with Gasteiger partial charge in [-0.2, -0.15) is 5.06 Å². The largest absolute Gasteiger partial charge is 0.507 e. The summed E-state index contributed by atoms with van der Waals surface area (Å²) in [6.07, 6.45) is 0.228. The number of nitrogens with zero attached hydrogens (tertiary/aromatic N) is 2. The average molecular weight is 488 g/mol. The van der Waals surface area contributed by atoms with Crippen molar-refractivity contribution in [3.05, 3.63) is 28.8 Å². The molecular weight excluding hydrogens is 458 g/mol. The molecule has 6 unspecified atom stereocenters. The molecule has 0 radical (unpaired) electrons. The van der Waals surface area contributed by atoms with Crippen LogP contribution in [0.2, 0.25) is 0 Å². The summed E-state index contributed by atoms with van der Waals surface area (Å²) < 4.78 is 0. The number of amides is 1. The summed E-state index contributed by atoms with van der Waals surface area (Å²) in [6.45, 7) is 0.308. The first-order valence-electron chi connectivity index (χ1n) is 11.3. The van der Waals surface area contributed by atoms with Crippen LogP contribution in [-0.2, 0) is 37.0 Å². The Hall–Kier alpha value is -2.99. The predicted molar refractivity (Wildman–Crippen MR) is 120 cm³/mol. The third-order valence-corrected chi connectivity index (χ3v) is 7.75. The van der Waals surface area contributed by atoms with Crippen LogP contribution in [0.25, 0.3) is 0 Å². The van der Waals surface area contributed by atoms with Crippen LogP contribution in [0.15, 0.2) is 12.1 Å². The topological polar surface area (TPSA) is 168 Å². The highest BCUT2D eigenvalue weighted by Crippen LogP contribution is 2.51. The number of hydrogen-bond acceptors (Lipinski definition) is 10. The SMILES string of the molecule is CON(C)Cc1ccc(O)c2c1CC1CC3C(N(C)C)C(=O)C(C(N)=O)C(=O)C3(O)C(=O)C1C2=O. The van der Waals surface area contributed by atoms with Gasteiger partial charge in [0.05, 0.1) is 24.6 Å². The van der Waals surface area contributed by atoms with Gasteiger partial charge in [0, 0.05) is 19.5 Å². The second-order valence-corrected chi connectivity index (χ2v) is 9.86. The lowest BCUT2D eigenvalue weighted by molar-refractivity contribution is -0.181. The number of aliphatic hydroxyl groups is 1. The molecule has 11 heteroatoms. The fourth-order valence-corrected chi connectivity index (χ4v) is 6.12. The van der Waals surface area contributed by atoms with Crippen molar-refractivity contribution in [3.63, 3.8) is 0 Å². The lowest BCUT2D eigenvalue weighted by Crippen LogP contribution is -2.74. The van der Waals surface area contributed by atoms with Gasteiger partial charge in [-0.1, -0.05) is 6.07 Å². The maximum atomic E-state index is 13.7. The van der Waals surface area contributed by atoms with Gasteiger partial charge in [-0.05, 0) is 50.0 Å². The van der Waals surface area contributed by atoms with Gasteiger partial charge < -0.3 is 20.8 Å². The Morgan fingerprint density at radius 1 is 1.17 bits per heavy atom. The fourth-order valence-electron chi connectivity index (χ4n) is 6.12. The molecule has 0 bridgehead atoms. The lowest BCUT2D eigenvalue weighted by atomic mass is 9.52. The fraction of sp³-hybridized carbons (Fsp3) is 0.542. The average Bonchev–Trinajstić information content (AvgIpc) is 2.77. The number of carbonyl (C=O) groups is 5. The number of primary amides is 1. The Bertz CT molecular complexity index is 1150. The van der Waals surface area contributed by atoms with Gasteiger partial charge >= 0.3 is 0 Å². The Morgan fingerprint density at radius 3 is 2.40 bits per heavy atom. The van der Waals surface area contributed by atoms with E-state index in [1.54, 1.807) is 32.3 Å². The van der Waals surface area contributed by atoms with Crippen LogP contribution < -0.4 is 5.73 Å². The molecule has 0 heterocycles. The Labute approximate surface area is 201 Å². The Morgan fingerprint density at radius 2 is 1.83 bits per heavy atom. The van der Waals surface area contributed by atoms with Gasteiger partial charge in [-0.25, -0.2) is 0 Å². The van der Waals surface area contributed by atoms with Gasteiger partial charge in [-0.15, -0.1) is 0 Å². The van der Waals surface area contributed by atoms with Crippen LogP contribution >= 0.6 is 0 Å². The number of hydrogen-bond donors (Lipinski definition) is 3. The van der Waals surface area contributed by atoms with Crippen molar-refractivity contribution in [1.82, 2.24) is 9.96 Å². The molecule has 0 spiro atoms. The molecule has 3 aliphatic carbocycles. The van der Waals surface area contributed by atoms with E-state index < -0.39 is 64.4 Å². The second-order valence-electron chi connectivity index (χ2n) is 9.86. The van der Waals surface area contributed by atoms with Crippen molar-refractivity contribution in [3.8, 4) is 5.75 Å². The molecule has 2 saturated carbocycles. The van der Waals surface area contributed by atoms with Crippen molar-refractivity contribution >= 4 is 29.0 Å². The van der Waals surface area contributed by atoms with Gasteiger partial charge in [0.25, 0.3) is 0 Å². The number of fused-ring (bicyclic) bond motifs is 3. The first-order valence-corrected chi connectivity index (χ1v) is 11.3. The van der Waals surface area contributed by atoms with Crippen LogP contribution in [0.1, 0.15) is 27.9 Å². The number of aromatic hydroxyl groups is 1. The van der Waals surface area contributed by atoms with Gasteiger partial charge in [0.1, 0.15) is 5.75 Å². The normalized spacial score (nSPS) is 32.5. The number of phenolic OH excluding ortho intramolecular Hbond substituents is 1. The number of Topliss-reactive ketones (excluding diaryl/α,β-unsaturated/α-hetero) is 4. The Balaban J connectivity index is 1.85. The quantitative estimate of drug-likeness (QED) is 0.341. The van der Waals surface area contributed by atoms with Crippen molar-refractivity contribution in [2.75, 3.05) is 28.3 Å². The van der Waals surface area contributed by atoms with Crippen molar-refractivity contribution in [2.24, 2.45) is 29.4 Å². The van der Waals surface area contributed by atoms with Crippen LogP contribution in [0.3, 0.4) is 0 Å². The van der Waals surface area contributed by atoms with E-state index in [4.69, 9.17) is 10.6 Å². The number of nitrogens with two attached hydrogens (primary N) is 1. The first kappa shape index (κ1) is 25.1. The number of benzene rings is 1. The standard InChI is InChI=1S/C24H29N3O8/c1-26(2)18-13-8-11-7-12-10(9-27(3)35-4)5-6-14(28)16(12)19(29)15(11)21(31)24(13,34)22(32)17(20(18)30)23(25)33/h5-6,11,13,15,17-18,28,34H,7-9H2,1-4H3,(H2,25,33). The van der Waals surface area contributed by atoms with Crippen LogP contribution in [0, 0.1) is 23.7 Å². The number of likely N-dealkylation sites (N-methyl/N-ethyl adjacent to an activating group) is 1. The molecule has 1 aromatic carbocycles. The number of phenols is 1. The maximum absolute atomic E-state index is 13.7. The zero-order valence-electron chi connectivity index (χ0n) is 20.0. The molecule has 6 atom stereocenters. The number of carbonyl (C=O) groups excluding carboxylic acids is 5.